The molecule has 2 heterocycles. The molecule has 0 N–H and O–H groups in total. The smallest absolute Gasteiger partial charge is 0.152 e. The average molecular weight is 304 g/mol. The van der Waals surface area contributed by atoms with Gasteiger partial charge in [0.25, 0.3) is 0 Å². The topological polar surface area (TPSA) is 56.0 Å². The molecule has 1 atom stereocenters. The zero-order valence-electron chi connectivity index (χ0n) is 9.44. The number of tetrazole rings is 1. The molecule has 0 saturated carbocycles. The molecule has 2 aromatic heterocycles. The van der Waals surface area contributed by atoms with Crippen molar-refractivity contribution in [1.29, 1.82) is 0 Å². The second-order valence-corrected chi connectivity index (χ2v) is 5.04. The minimum atomic E-state index is 0.236. The Balaban J connectivity index is 1.83. The van der Waals surface area contributed by atoms with Gasteiger partial charge >= 0.3 is 0 Å². The highest BCUT2D eigenvalue weighted by atomic mass is 79.9. The first kappa shape index (κ1) is 11.3. The van der Waals surface area contributed by atoms with Gasteiger partial charge in [0.05, 0.1) is 5.69 Å². The molecule has 0 saturated heterocycles. The first-order chi connectivity index (χ1) is 8.83. The monoisotopic (exact) mass is 303 g/mol. The predicted octanol–water partition coefficient (Wildman–Crippen LogP) is 2.20. The zero-order chi connectivity index (χ0) is 12.4. The Hall–Kier alpha value is -1.82. The summed E-state index contributed by atoms with van der Waals surface area (Å²) in [6, 6.07) is 14.1. The number of hydrogen-bond acceptors (Lipinski definition) is 4. The van der Waals surface area contributed by atoms with E-state index in [1.54, 1.807) is 0 Å². The summed E-state index contributed by atoms with van der Waals surface area (Å²) in [6.45, 7) is 0. The molecule has 0 bridgehead atoms. The third kappa shape index (κ3) is 2.24. The van der Waals surface area contributed by atoms with Gasteiger partial charge in [0, 0.05) is 11.2 Å². The first-order valence-electron chi connectivity index (χ1n) is 5.56. The van der Waals surface area contributed by atoms with Crippen LogP contribution in [0, 0.1) is 0 Å². The van der Waals surface area contributed by atoms with E-state index >= 15 is 0 Å². The fourth-order valence-corrected chi connectivity index (χ4v) is 2.40. The van der Waals surface area contributed by atoms with Crippen molar-refractivity contribution in [2.75, 3.05) is 0 Å². The van der Waals surface area contributed by atoms with Crippen molar-refractivity contribution < 1.29 is 0 Å². The lowest BCUT2D eigenvalue weighted by molar-refractivity contribution is 0.704. The Morgan fingerprint density at radius 3 is 2.78 bits per heavy atom. The number of benzene rings is 1. The van der Waals surface area contributed by atoms with Gasteiger partial charge in [0.15, 0.2) is 5.65 Å². The summed E-state index contributed by atoms with van der Waals surface area (Å²) in [4.78, 5) is 0.236. The Morgan fingerprint density at radius 2 is 1.94 bits per heavy atom. The molecule has 18 heavy (non-hydrogen) atoms. The van der Waals surface area contributed by atoms with Crippen LogP contribution >= 0.6 is 15.9 Å². The van der Waals surface area contributed by atoms with Gasteiger partial charge in [-0.3, -0.25) is 0 Å². The molecule has 1 unspecified atom stereocenters. The van der Waals surface area contributed by atoms with E-state index in [1.807, 2.05) is 30.3 Å². The highest BCUT2D eigenvalue weighted by Gasteiger charge is 2.10. The molecule has 0 spiro atoms. The standard InChI is InChI=1S/C12H10BrN5/c13-11(9-4-2-1-3-5-9)8-10-6-7-12-14-16-17-18(12)15-10/h1-7,11H,8H2. The largest absolute Gasteiger partial charge is 0.199 e. The van der Waals surface area contributed by atoms with Crippen LogP contribution in [0.15, 0.2) is 42.5 Å². The van der Waals surface area contributed by atoms with Crippen molar-refractivity contribution in [2.45, 2.75) is 11.2 Å². The van der Waals surface area contributed by atoms with Crippen molar-refractivity contribution in [2.24, 2.45) is 0 Å². The molecule has 0 aliphatic carbocycles. The van der Waals surface area contributed by atoms with E-state index in [1.165, 1.54) is 10.2 Å². The van der Waals surface area contributed by atoms with Crippen molar-refractivity contribution in [1.82, 2.24) is 25.3 Å². The number of halogens is 1. The summed E-state index contributed by atoms with van der Waals surface area (Å²) in [6.07, 6.45) is 0.791. The molecule has 3 rings (SSSR count). The summed E-state index contributed by atoms with van der Waals surface area (Å²) >= 11 is 3.68. The summed E-state index contributed by atoms with van der Waals surface area (Å²) in [7, 11) is 0. The number of nitrogens with zero attached hydrogens (tertiary/aromatic N) is 5. The van der Waals surface area contributed by atoms with Crippen LogP contribution in [-0.2, 0) is 6.42 Å². The van der Waals surface area contributed by atoms with Crippen molar-refractivity contribution in [3.05, 3.63) is 53.7 Å². The van der Waals surface area contributed by atoms with Crippen LogP contribution in [0.25, 0.3) is 5.65 Å². The van der Waals surface area contributed by atoms with Gasteiger partial charge in [-0.05, 0) is 28.1 Å². The lowest BCUT2D eigenvalue weighted by atomic mass is 10.1. The summed E-state index contributed by atoms with van der Waals surface area (Å²) in [5, 5.41) is 15.5. The van der Waals surface area contributed by atoms with E-state index in [4.69, 9.17) is 0 Å². The first-order valence-corrected chi connectivity index (χ1v) is 6.48. The quantitative estimate of drug-likeness (QED) is 0.696. The van der Waals surface area contributed by atoms with Crippen LogP contribution in [0.2, 0.25) is 0 Å². The highest BCUT2D eigenvalue weighted by Crippen LogP contribution is 2.25. The molecule has 1 aromatic carbocycles. The Kier molecular flexibility index (Phi) is 3.02. The lowest BCUT2D eigenvalue weighted by Crippen LogP contribution is -2.02. The second-order valence-electron chi connectivity index (χ2n) is 3.93. The maximum atomic E-state index is 4.35. The molecule has 6 heteroatoms. The molecule has 0 radical (unpaired) electrons. The van der Waals surface area contributed by atoms with Gasteiger partial charge in [0.2, 0.25) is 0 Å². The van der Waals surface area contributed by atoms with Crippen LogP contribution in [0.1, 0.15) is 16.1 Å². The van der Waals surface area contributed by atoms with Crippen molar-refractivity contribution >= 4 is 21.6 Å². The predicted molar refractivity (Wildman–Crippen MR) is 70.4 cm³/mol. The number of alkyl halides is 1. The van der Waals surface area contributed by atoms with Crippen LogP contribution < -0.4 is 0 Å². The molecular weight excluding hydrogens is 294 g/mol. The average Bonchev–Trinajstić information content (AvgIpc) is 2.87. The van der Waals surface area contributed by atoms with Crippen molar-refractivity contribution in [3.8, 4) is 0 Å². The van der Waals surface area contributed by atoms with Gasteiger partial charge < -0.3 is 0 Å². The molecule has 0 aliphatic rings. The van der Waals surface area contributed by atoms with Gasteiger partial charge in [-0.25, -0.2) is 0 Å². The summed E-state index contributed by atoms with van der Waals surface area (Å²) < 4.78 is 1.44. The van der Waals surface area contributed by atoms with E-state index in [0.29, 0.717) is 5.65 Å². The molecule has 5 nitrogen and oxygen atoms in total. The molecule has 0 aliphatic heterocycles. The Labute approximate surface area is 112 Å². The van der Waals surface area contributed by atoms with Gasteiger partial charge in [-0.1, -0.05) is 46.3 Å². The molecule has 0 amide bonds. The maximum Gasteiger partial charge on any atom is 0.199 e. The number of fused-ring (bicyclic) bond motifs is 1. The molecule has 90 valence electrons. The summed E-state index contributed by atoms with van der Waals surface area (Å²) in [5.41, 5.74) is 2.83. The summed E-state index contributed by atoms with van der Waals surface area (Å²) in [5.74, 6) is 0. The van der Waals surface area contributed by atoms with Gasteiger partial charge in [-0.15, -0.1) is 9.73 Å². The number of hydrogen-bond donors (Lipinski definition) is 0. The molecule has 0 fully saturated rings. The number of rotatable bonds is 3. The maximum absolute atomic E-state index is 4.35. The SMILES string of the molecule is BrC(Cc1ccc2nnnn2n1)c1ccccc1. The minimum absolute atomic E-state index is 0.236. The fraction of sp³-hybridized carbons (Fsp3) is 0.167. The third-order valence-corrected chi connectivity index (χ3v) is 3.53. The van der Waals surface area contributed by atoms with E-state index in [-0.39, 0.29) is 4.83 Å². The normalized spacial score (nSPS) is 12.7. The molecule has 3 aromatic rings. The van der Waals surface area contributed by atoms with Gasteiger partial charge in [-0.2, -0.15) is 5.10 Å². The van der Waals surface area contributed by atoms with E-state index in [2.05, 4.69) is 48.7 Å². The van der Waals surface area contributed by atoms with Crippen LogP contribution in [0.4, 0.5) is 0 Å². The zero-order valence-corrected chi connectivity index (χ0v) is 11.0. The molecular formula is C12H10BrN5. The minimum Gasteiger partial charge on any atom is -0.152 e. The number of aromatic nitrogens is 5. The fourth-order valence-electron chi connectivity index (χ4n) is 1.76. The highest BCUT2D eigenvalue weighted by molar-refractivity contribution is 9.09. The Morgan fingerprint density at radius 1 is 1.11 bits per heavy atom. The van der Waals surface area contributed by atoms with E-state index in [9.17, 15) is 0 Å². The second kappa shape index (κ2) is 4.81. The van der Waals surface area contributed by atoms with E-state index in [0.717, 1.165) is 12.1 Å². The van der Waals surface area contributed by atoms with Crippen molar-refractivity contribution in [3.63, 3.8) is 0 Å². The van der Waals surface area contributed by atoms with Crippen LogP contribution in [0.5, 0.6) is 0 Å². The van der Waals surface area contributed by atoms with Crippen LogP contribution in [-0.4, -0.2) is 25.3 Å². The third-order valence-electron chi connectivity index (χ3n) is 2.67. The van der Waals surface area contributed by atoms with E-state index < -0.39 is 0 Å². The lowest BCUT2D eigenvalue weighted by Gasteiger charge is -2.09. The Bertz CT molecular complexity index is 652. The van der Waals surface area contributed by atoms with Crippen LogP contribution in [0.3, 0.4) is 0 Å². The van der Waals surface area contributed by atoms with Gasteiger partial charge in [0.1, 0.15) is 0 Å².